The Kier molecular flexibility index (Phi) is 7.53. The van der Waals surface area contributed by atoms with Crippen LogP contribution in [0.2, 0.25) is 0 Å². The lowest BCUT2D eigenvalue weighted by molar-refractivity contribution is 0.0596. The smallest absolute Gasteiger partial charge is 0.344 e. The third-order valence-corrected chi connectivity index (χ3v) is 5.66. The lowest BCUT2D eigenvalue weighted by Gasteiger charge is -2.14. The van der Waals surface area contributed by atoms with E-state index in [-0.39, 0.29) is 11.4 Å². The summed E-state index contributed by atoms with van der Waals surface area (Å²) < 4.78 is 23.4. The molecule has 30 heavy (non-hydrogen) atoms. The quantitative estimate of drug-likeness (QED) is 0.220. The van der Waals surface area contributed by atoms with Crippen LogP contribution in [0.15, 0.2) is 58.7 Å². The number of rotatable bonds is 8. The first-order valence-corrected chi connectivity index (χ1v) is 11.1. The molecule has 3 aromatic rings. The minimum Gasteiger partial charge on any atom is -0.497 e. The molecule has 0 unspecified atom stereocenters. The van der Waals surface area contributed by atoms with Gasteiger partial charge in [-0.25, -0.2) is 19.2 Å². The highest BCUT2D eigenvalue weighted by atomic mass is 32.2. The first-order chi connectivity index (χ1) is 14.5. The fraction of sp³-hybridized carbons (Fsp3) is 0.190. The highest BCUT2D eigenvalue weighted by molar-refractivity contribution is 7.99. The van der Waals surface area contributed by atoms with Crippen LogP contribution in [0.25, 0.3) is 0 Å². The number of aromatic nitrogens is 2. The van der Waals surface area contributed by atoms with Gasteiger partial charge in [-0.3, -0.25) is 0 Å². The fourth-order valence-electron chi connectivity index (χ4n) is 2.54. The van der Waals surface area contributed by atoms with Gasteiger partial charge in [0.05, 0.1) is 14.2 Å². The van der Waals surface area contributed by atoms with Gasteiger partial charge in [0.2, 0.25) is 0 Å². The van der Waals surface area contributed by atoms with Gasteiger partial charge in [0.15, 0.2) is 11.0 Å². The highest BCUT2D eigenvalue weighted by Crippen LogP contribution is 2.32. The molecule has 0 saturated heterocycles. The standard InChI is InChI=1S/C21H20FN3O3S2/c1-27-16-10-4-13(5-11-16)12-30-19-17(20(26)28-2)18(24-21(25-19)29-3)23-15-8-6-14(22)7-9-15/h4-11H,12H2,1-3H3,(H,23,24,25). The second-order valence-electron chi connectivity index (χ2n) is 6.00. The molecule has 0 aliphatic rings. The number of thioether (sulfide) groups is 2. The van der Waals surface area contributed by atoms with E-state index in [0.29, 0.717) is 27.4 Å². The SMILES string of the molecule is COC(=O)c1c(Nc2ccc(F)cc2)nc(SC)nc1SCc1ccc(OC)cc1. The molecule has 0 bridgehead atoms. The molecular formula is C21H20FN3O3S2. The van der Waals surface area contributed by atoms with Crippen molar-refractivity contribution in [2.24, 2.45) is 0 Å². The van der Waals surface area contributed by atoms with Gasteiger partial charge in [-0.05, 0) is 48.2 Å². The Balaban J connectivity index is 1.94. The Morgan fingerprint density at radius 2 is 1.77 bits per heavy atom. The van der Waals surface area contributed by atoms with E-state index in [0.717, 1.165) is 11.3 Å². The molecule has 1 heterocycles. The van der Waals surface area contributed by atoms with Gasteiger partial charge >= 0.3 is 5.97 Å². The van der Waals surface area contributed by atoms with Crippen LogP contribution in [0.5, 0.6) is 5.75 Å². The summed E-state index contributed by atoms with van der Waals surface area (Å²) >= 11 is 2.77. The van der Waals surface area contributed by atoms with Crippen molar-refractivity contribution in [1.82, 2.24) is 9.97 Å². The van der Waals surface area contributed by atoms with Gasteiger partial charge in [0.25, 0.3) is 0 Å². The molecule has 0 amide bonds. The summed E-state index contributed by atoms with van der Waals surface area (Å²) in [4.78, 5) is 21.5. The van der Waals surface area contributed by atoms with Gasteiger partial charge in [-0.2, -0.15) is 0 Å². The van der Waals surface area contributed by atoms with Crippen LogP contribution in [0, 0.1) is 5.82 Å². The van der Waals surface area contributed by atoms with Gasteiger partial charge < -0.3 is 14.8 Å². The van der Waals surface area contributed by atoms with Crippen LogP contribution >= 0.6 is 23.5 Å². The van der Waals surface area contributed by atoms with E-state index < -0.39 is 5.97 Å². The minimum atomic E-state index is -0.551. The van der Waals surface area contributed by atoms with Crippen molar-refractivity contribution in [2.45, 2.75) is 15.9 Å². The Morgan fingerprint density at radius 3 is 2.37 bits per heavy atom. The number of nitrogens with zero attached hydrogens (tertiary/aromatic N) is 2. The summed E-state index contributed by atoms with van der Waals surface area (Å²) in [6.45, 7) is 0. The number of carbonyl (C=O) groups excluding carboxylic acids is 1. The first kappa shape index (κ1) is 21.9. The molecule has 2 aromatic carbocycles. The minimum absolute atomic E-state index is 0.234. The molecule has 0 saturated carbocycles. The molecule has 0 aliphatic heterocycles. The fourth-order valence-corrected chi connectivity index (χ4v) is 3.93. The van der Waals surface area contributed by atoms with Crippen LogP contribution in [0.3, 0.4) is 0 Å². The summed E-state index contributed by atoms with van der Waals surface area (Å²) in [5, 5.41) is 4.09. The van der Waals surface area contributed by atoms with E-state index in [1.54, 1.807) is 19.2 Å². The summed E-state index contributed by atoms with van der Waals surface area (Å²) in [5.74, 6) is 0.775. The van der Waals surface area contributed by atoms with Crippen LogP contribution in [-0.2, 0) is 10.5 Å². The second kappa shape index (κ2) is 10.3. The number of esters is 1. The third-order valence-electron chi connectivity index (χ3n) is 4.07. The lowest BCUT2D eigenvalue weighted by atomic mass is 10.2. The zero-order valence-electron chi connectivity index (χ0n) is 16.6. The first-order valence-electron chi connectivity index (χ1n) is 8.86. The predicted octanol–water partition coefficient (Wildman–Crippen LogP) is 5.17. The Labute approximate surface area is 182 Å². The van der Waals surface area contributed by atoms with Crippen LogP contribution < -0.4 is 10.1 Å². The molecule has 1 aromatic heterocycles. The number of benzene rings is 2. The maximum absolute atomic E-state index is 13.2. The van der Waals surface area contributed by atoms with Crippen molar-refractivity contribution in [3.8, 4) is 5.75 Å². The molecule has 0 atom stereocenters. The Morgan fingerprint density at radius 1 is 1.07 bits per heavy atom. The lowest BCUT2D eigenvalue weighted by Crippen LogP contribution is -2.12. The van der Waals surface area contributed by atoms with Crippen molar-refractivity contribution in [1.29, 1.82) is 0 Å². The molecule has 0 radical (unpaired) electrons. The number of methoxy groups -OCH3 is 2. The van der Waals surface area contributed by atoms with E-state index in [9.17, 15) is 9.18 Å². The predicted molar refractivity (Wildman–Crippen MR) is 117 cm³/mol. The zero-order chi connectivity index (χ0) is 21.5. The average molecular weight is 446 g/mol. The zero-order valence-corrected chi connectivity index (χ0v) is 18.3. The Hall–Kier alpha value is -2.78. The molecular weight excluding hydrogens is 425 g/mol. The van der Waals surface area contributed by atoms with Crippen LogP contribution in [0.4, 0.5) is 15.9 Å². The highest BCUT2D eigenvalue weighted by Gasteiger charge is 2.22. The largest absolute Gasteiger partial charge is 0.497 e. The molecule has 156 valence electrons. The van der Waals surface area contributed by atoms with E-state index in [2.05, 4.69) is 15.3 Å². The van der Waals surface area contributed by atoms with E-state index in [1.165, 1.54) is 42.8 Å². The van der Waals surface area contributed by atoms with Crippen molar-refractivity contribution in [2.75, 3.05) is 25.8 Å². The summed E-state index contributed by atoms with van der Waals surface area (Å²) in [6, 6.07) is 13.5. The summed E-state index contributed by atoms with van der Waals surface area (Å²) in [7, 11) is 2.93. The van der Waals surface area contributed by atoms with E-state index >= 15 is 0 Å². The molecule has 0 aliphatic carbocycles. The summed E-state index contributed by atoms with van der Waals surface area (Å²) in [6.07, 6.45) is 1.85. The normalized spacial score (nSPS) is 10.5. The van der Waals surface area contributed by atoms with Gasteiger partial charge in [0.1, 0.15) is 22.2 Å². The number of ether oxygens (including phenoxy) is 2. The number of hydrogen-bond donors (Lipinski definition) is 1. The molecule has 9 heteroatoms. The average Bonchev–Trinajstić information content (AvgIpc) is 2.78. The van der Waals surface area contributed by atoms with E-state index in [1.807, 2.05) is 30.5 Å². The van der Waals surface area contributed by atoms with Crippen molar-refractivity contribution in [3.05, 3.63) is 65.5 Å². The molecule has 0 spiro atoms. The number of halogens is 1. The van der Waals surface area contributed by atoms with E-state index in [4.69, 9.17) is 9.47 Å². The van der Waals surface area contributed by atoms with Gasteiger partial charge in [-0.15, -0.1) is 11.8 Å². The summed E-state index contributed by atoms with van der Waals surface area (Å²) in [5.41, 5.74) is 1.88. The second-order valence-corrected chi connectivity index (χ2v) is 7.74. The van der Waals surface area contributed by atoms with Crippen molar-refractivity contribution < 1.29 is 18.7 Å². The maximum Gasteiger partial charge on any atom is 0.344 e. The topological polar surface area (TPSA) is 73.3 Å². The van der Waals surface area contributed by atoms with Crippen molar-refractivity contribution in [3.63, 3.8) is 0 Å². The maximum atomic E-state index is 13.2. The van der Waals surface area contributed by atoms with Crippen LogP contribution in [-0.4, -0.2) is 36.4 Å². The number of carbonyl (C=O) groups is 1. The third kappa shape index (κ3) is 5.43. The van der Waals surface area contributed by atoms with Gasteiger partial charge in [-0.1, -0.05) is 23.9 Å². The number of nitrogens with one attached hydrogen (secondary N) is 1. The molecule has 6 nitrogen and oxygen atoms in total. The molecule has 3 rings (SSSR count). The molecule has 1 N–H and O–H groups in total. The number of hydrogen-bond acceptors (Lipinski definition) is 8. The van der Waals surface area contributed by atoms with Crippen molar-refractivity contribution >= 4 is 41.0 Å². The number of anilines is 2. The molecule has 0 fully saturated rings. The monoisotopic (exact) mass is 445 g/mol. The van der Waals surface area contributed by atoms with Crippen LogP contribution in [0.1, 0.15) is 15.9 Å². The Bertz CT molecular complexity index is 1020. The van der Waals surface area contributed by atoms with Gasteiger partial charge in [0, 0.05) is 11.4 Å².